The number of benzene rings is 2. The van der Waals surface area contributed by atoms with Crippen molar-refractivity contribution in [1.29, 1.82) is 5.26 Å². The summed E-state index contributed by atoms with van der Waals surface area (Å²) in [6.45, 7) is 2.23. The Morgan fingerprint density at radius 1 is 1.29 bits per heavy atom. The van der Waals surface area contributed by atoms with Crippen LogP contribution in [0.5, 0.6) is 5.75 Å². The van der Waals surface area contributed by atoms with Gasteiger partial charge >= 0.3 is 0 Å². The number of ether oxygens (including phenoxy) is 1. The van der Waals surface area contributed by atoms with Gasteiger partial charge in [-0.15, -0.1) is 0 Å². The van der Waals surface area contributed by atoms with Gasteiger partial charge in [-0.25, -0.2) is 0 Å². The molecule has 1 N–H and O–H groups in total. The third-order valence-corrected chi connectivity index (χ3v) is 4.37. The van der Waals surface area contributed by atoms with Crippen molar-refractivity contribution in [2.24, 2.45) is 0 Å². The summed E-state index contributed by atoms with van der Waals surface area (Å²) in [5, 5.41) is 23.6. The predicted molar refractivity (Wildman–Crippen MR) is 116 cm³/mol. The fourth-order valence-electron chi connectivity index (χ4n) is 2.77. The average Bonchev–Trinajstić information content (AvgIpc) is 3.21. The lowest BCUT2D eigenvalue weighted by molar-refractivity contribution is -0.384. The summed E-state index contributed by atoms with van der Waals surface area (Å²) in [5.41, 5.74) is 0.219. The summed E-state index contributed by atoms with van der Waals surface area (Å²) in [7, 11) is 0. The molecule has 0 saturated carbocycles. The number of hydrogen-bond donors (Lipinski definition) is 1. The minimum atomic E-state index is -0.648. The first-order valence-corrected chi connectivity index (χ1v) is 9.50. The van der Waals surface area contributed by atoms with Gasteiger partial charge in [0.05, 0.1) is 22.8 Å². The van der Waals surface area contributed by atoms with E-state index in [2.05, 4.69) is 5.32 Å². The molecule has 31 heavy (non-hydrogen) atoms. The van der Waals surface area contributed by atoms with Gasteiger partial charge in [0.2, 0.25) is 0 Å². The maximum absolute atomic E-state index is 12.6. The van der Waals surface area contributed by atoms with Gasteiger partial charge in [0, 0.05) is 17.2 Å². The lowest BCUT2D eigenvalue weighted by Gasteiger charge is -2.10. The van der Waals surface area contributed by atoms with Crippen LogP contribution in [0.15, 0.2) is 64.6 Å². The number of nitrogens with zero attached hydrogens (tertiary/aromatic N) is 2. The van der Waals surface area contributed by atoms with Crippen LogP contribution in [0.25, 0.3) is 17.4 Å². The molecule has 0 aliphatic rings. The van der Waals surface area contributed by atoms with Gasteiger partial charge in [0.25, 0.3) is 11.6 Å². The molecule has 0 radical (unpaired) electrons. The number of nitro groups is 1. The van der Waals surface area contributed by atoms with Crippen molar-refractivity contribution >= 4 is 35.0 Å². The minimum Gasteiger partial charge on any atom is -0.492 e. The molecular formula is C22H16ClN3O5. The fourth-order valence-corrected chi connectivity index (χ4v) is 2.94. The third kappa shape index (κ3) is 5.10. The zero-order valence-electron chi connectivity index (χ0n) is 16.3. The van der Waals surface area contributed by atoms with Crippen molar-refractivity contribution in [1.82, 2.24) is 0 Å². The van der Waals surface area contributed by atoms with Gasteiger partial charge in [-0.1, -0.05) is 23.7 Å². The van der Waals surface area contributed by atoms with Gasteiger partial charge < -0.3 is 14.5 Å². The highest BCUT2D eigenvalue weighted by Crippen LogP contribution is 2.33. The maximum atomic E-state index is 12.6. The molecule has 0 aliphatic carbocycles. The van der Waals surface area contributed by atoms with Crippen LogP contribution >= 0.6 is 11.6 Å². The number of halogens is 1. The molecule has 0 atom stereocenters. The summed E-state index contributed by atoms with van der Waals surface area (Å²) in [6, 6.07) is 15.9. The Labute approximate surface area is 182 Å². The molecule has 0 spiro atoms. The number of amides is 1. The molecule has 9 heteroatoms. The Morgan fingerprint density at radius 3 is 2.77 bits per heavy atom. The predicted octanol–water partition coefficient (Wildman–Crippen LogP) is 5.45. The minimum absolute atomic E-state index is 0.184. The molecule has 0 aliphatic heterocycles. The van der Waals surface area contributed by atoms with E-state index in [1.54, 1.807) is 24.3 Å². The molecular weight excluding hydrogens is 422 g/mol. The number of para-hydroxylation sites is 2. The van der Waals surface area contributed by atoms with E-state index in [1.165, 1.54) is 36.4 Å². The van der Waals surface area contributed by atoms with Crippen LogP contribution in [0.1, 0.15) is 12.7 Å². The van der Waals surface area contributed by atoms with Crippen LogP contribution < -0.4 is 10.1 Å². The molecule has 1 amide bonds. The van der Waals surface area contributed by atoms with E-state index < -0.39 is 10.8 Å². The molecule has 3 rings (SSSR count). The largest absolute Gasteiger partial charge is 0.492 e. The molecule has 0 saturated heterocycles. The first-order valence-electron chi connectivity index (χ1n) is 9.12. The third-order valence-electron chi connectivity index (χ3n) is 4.14. The van der Waals surface area contributed by atoms with E-state index in [-0.39, 0.29) is 33.4 Å². The van der Waals surface area contributed by atoms with Crippen LogP contribution in [0.3, 0.4) is 0 Å². The SMILES string of the molecule is CCOc1ccccc1NC(=O)/C(C#N)=C/c1ccc(-c2ccc(Cl)cc2[N+](=O)[O-])o1. The summed E-state index contributed by atoms with van der Waals surface area (Å²) < 4.78 is 11.1. The number of carbonyl (C=O) groups excluding carboxylic acids is 1. The van der Waals surface area contributed by atoms with E-state index in [1.807, 2.05) is 13.0 Å². The average molecular weight is 438 g/mol. The quantitative estimate of drug-likeness (QED) is 0.227. The zero-order chi connectivity index (χ0) is 22.4. The Balaban J connectivity index is 1.87. The first kappa shape index (κ1) is 21.6. The van der Waals surface area contributed by atoms with E-state index in [4.69, 9.17) is 20.8 Å². The Kier molecular flexibility index (Phi) is 6.70. The second-order valence-electron chi connectivity index (χ2n) is 6.17. The van der Waals surface area contributed by atoms with Crippen molar-refractivity contribution in [3.63, 3.8) is 0 Å². The van der Waals surface area contributed by atoms with Crippen molar-refractivity contribution in [2.45, 2.75) is 6.92 Å². The molecule has 3 aromatic rings. The number of nitro benzene ring substituents is 1. The molecule has 0 unspecified atom stereocenters. The number of nitrogens with one attached hydrogen (secondary N) is 1. The van der Waals surface area contributed by atoms with Crippen LogP contribution in [0.2, 0.25) is 5.02 Å². The summed E-state index contributed by atoms with van der Waals surface area (Å²) >= 11 is 5.84. The number of rotatable bonds is 7. The smallest absolute Gasteiger partial charge is 0.281 e. The Hall–Kier alpha value is -4.09. The van der Waals surface area contributed by atoms with Crippen LogP contribution in [0.4, 0.5) is 11.4 Å². The second kappa shape index (κ2) is 9.61. The topological polar surface area (TPSA) is 118 Å². The summed E-state index contributed by atoms with van der Waals surface area (Å²) in [6.07, 6.45) is 1.25. The Morgan fingerprint density at radius 2 is 2.06 bits per heavy atom. The van der Waals surface area contributed by atoms with Crippen LogP contribution in [0, 0.1) is 21.4 Å². The lowest BCUT2D eigenvalue weighted by Crippen LogP contribution is -2.14. The first-order chi connectivity index (χ1) is 14.9. The second-order valence-corrected chi connectivity index (χ2v) is 6.61. The molecule has 2 aromatic carbocycles. The molecule has 0 fully saturated rings. The summed E-state index contributed by atoms with van der Waals surface area (Å²) in [5.74, 6) is 0.217. The number of hydrogen-bond acceptors (Lipinski definition) is 6. The molecule has 0 bridgehead atoms. The van der Waals surface area contributed by atoms with E-state index in [0.717, 1.165) is 0 Å². The summed E-state index contributed by atoms with van der Waals surface area (Å²) in [4.78, 5) is 23.3. The van der Waals surface area contributed by atoms with Crippen molar-refractivity contribution in [3.8, 4) is 23.1 Å². The maximum Gasteiger partial charge on any atom is 0.281 e. The molecule has 1 heterocycles. The number of furan rings is 1. The van der Waals surface area contributed by atoms with Gasteiger partial charge in [-0.3, -0.25) is 14.9 Å². The van der Waals surface area contributed by atoms with E-state index in [0.29, 0.717) is 18.0 Å². The normalized spacial score (nSPS) is 10.9. The van der Waals surface area contributed by atoms with Gasteiger partial charge in [0.1, 0.15) is 28.9 Å². The van der Waals surface area contributed by atoms with Gasteiger partial charge in [0.15, 0.2) is 0 Å². The van der Waals surface area contributed by atoms with Crippen LogP contribution in [-0.4, -0.2) is 17.4 Å². The standard InChI is InChI=1S/C22H16ClN3O5/c1-2-30-21-6-4-3-5-18(21)25-22(27)14(13-24)11-16-8-10-20(31-16)17-9-7-15(23)12-19(17)26(28)29/h3-12H,2H2,1H3,(H,25,27)/b14-11+. The highest BCUT2D eigenvalue weighted by molar-refractivity contribution is 6.30. The Bertz CT molecular complexity index is 1210. The lowest BCUT2D eigenvalue weighted by atomic mass is 10.1. The number of carbonyl (C=O) groups is 1. The fraction of sp³-hybridized carbons (Fsp3) is 0.0909. The highest BCUT2D eigenvalue weighted by Gasteiger charge is 2.19. The van der Waals surface area contributed by atoms with Gasteiger partial charge in [-0.2, -0.15) is 5.26 Å². The van der Waals surface area contributed by atoms with Crippen LogP contribution in [-0.2, 0) is 4.79 Å². The van der Waals surface area contributed by atoms with Crippen molar-refractivity contribution in [3.05, 3.63) is 81.1 Å². The number of nitriles is 1. The van der Waals surface area contributed by atoms with Gasteiger partial charge in [-0.05, 0) is 43.3 Å². The van der Waals surface area contributed by atoms with Crippen molar-refractivity contribution in [2.75, 3.05) is 11.9 Å². The van der Waals surface area contributed by atoms with E-state index in [9.17, 15) is 20.2 Å². The molecule has 156 valence electrons. The zero-order valence-corrected chi connectivity index (χ0v) is 17.1. The molecule has 8 nitrogen and oxygen atoms in total. The monoisotopic (exact) mass is 437 g/mol. The highest BCUT2D eigenvalue weighted by atomic mass is 35.5. The molecule has 1 aromatic heterocycles. The van der Waals surface area contributed by atoms with E-state index >= 15 is 0 Å². The van der Waals surface area contributed by atoms with Crippen molar-refractivity contribution < 1.29 is 18.9 Å². The number of anilines is 1.